The summed E-state index contributed by atoms with van der Waals surface area (Å²) < 4.78 is 3.98. The number of rotatable bonds is 12. The summed E-state index contributed by atoms with van der Waals surface area (Å²) >= 11 is 6.46. The summed E-state index contributed by atoms with van der Waals surface area (Å²) in [6.07, 6.45) is 0. The van der Waals surface area contributed by atoms with Crippen LogP contribution in [0.1, 0.15) is 15.9 Å². The van der Waals surface area contributed by atoms with Crippen molar-refractivity contribution < 1.29 is 15.2 Å². The van der Waals surface area contributed by atoms with Crippen molar-refractivity contribution in [3.63, 3.8) is 0 Å². The maximum absolute atomic E-state index is 12.8. The molecule has 1 amide bonds. The van der Waals surface area contributed by atoms with Crippen LogP contribution < -0.4 is 20.2 Å². The van der Waals surface area contributed by atoms with E-state index in [9.17, 15) is 15.2 Å². The number of carbonyl (C=O) groups is 1. The number of hydrogen-bond donors (Lipinski definition) is 4. The number of piperazine rings is 1. The van der Waals surface area contributed by atoms with E-state index >= 15 is 0 Å². The Labute approximate surface area is 269 Å². The fourth-order valence-electron chi connectivity index (χ4n) is 4.81. The van der Waals surface area contributed by atoms with Gasteiger partial charge in [0.15, 0.2) is 5.69 Å². The van der Waals surface area contributed by atoms with Gasteiger partial charge in [0.1, 0.15) is 0 Å². The molecule has 4 aromatic carbocycles. The molecule has 1 atom stereocenters. The number of hydrogen-bond acceptors (Lipinski definition) is 8. The Morgan fingerprint density at radius 3 is 2.35 bits per heavy atom. The molecule has 8 nitrogen and oxygen atoms in total. The number of nitrogens with zero attached hydrogens (tertiary/aromatic N) is 2. The molecule has 0 radical (unpaired) electrons. The van der Waals surface area contributed by atoms with Crippen molar-refractivity contribution in [3.8, 4) is 0 Å². The Morgan fingerprint density at radius 1 is 0.907 bits per heavy atom. The van der Waals surface area contributed by atoms with Crippen molar-refractivity contribution in [2.75, 3.05) is 48.7 Å². The van der Waals surface area contributed by atoms with Crippen molar-refractivity contribution in [1.29, 1.82) is 0 Å². The highest BCUT2D eigenvalue weighted by Crippen LogP contribution is 2.26. The first-order valence-corrected chi connectivity index (χ1v) is 16.6. The minimum Gasteiger partial charge on any atom is -0.595 e. The molecular formula is C32H34BrN5O3S2. The molecule has 1 heterocycles. The first-order valence-electron chi connectivity index (χ1n) is 14.0. The Balaban J connectivity index is 1.09. The number of thioether (sulfide) groups is 1. The van der Waals surface area contributed by atoms with E-state index < -0.39 is 5.23 Å². The Morgan fingerprint density at radius 2 is 1.63 bits per heavy atom. The van der Waals surface area contributed by atoms with Crippen molar-refractivity contribution in [1.82, 2.24) is 9.62 Å². The molecule has 0 spiro atoms. The number of carbonyl (C=O) groups excluding carboxylic acids is 1. The summed E-state index contributed by atoms with van der Waals surface area (Å²) in [5.74, 6) is 0.573. The molecule has 1 unspecified atom stereocenters. The highest BCUT2D eigenvalue weighted by molar-refractivity contribution is 9.10. The molecule has 1 saturated heterocycles. The van der Waals surface area contributed by atoms with E-state index in [1.807, 2.05) is 54.6 Å². The van der Waals surface area contributed by atoms with Gasteiger partial charge in [0, 0.05) is 76.6 Å². The molecule has 11 heteroatoms. The van der Waals surface area contributed by atoms with Crippen molar-refractivity contribution >= 4 is 62.6 Å². The molecule has 0 bridgehead atoms. The molecule has 0 aromatic heterocycles. The van der Waals surface area contributed by atoms with Crippen LogP contribution in [-0.2, 0) is 6.54 Å². The number of amides is 1. The lowest BCUT2D eigenvalue weighted by molar-refractivity contribution is -0.990. The predicted molar refractivity (Wildman–Crippen MR) is 179 cm³/mol. The molecule has 1 aliphatic heterocycles. The molecule has 4 aromatic rings. The first kappa shape index (κ1) is 31.4. The maximum atomic E-state index is 12.8. The molecule has 1 aliphatic rings. The Bertz CT molecular complexity index is 1490. The fourth-order valence-corrected chi connectivity index (χ4v) is 6.65. The molecule has 224 valence electrons. The fraction of sp³-hybridized carbons (Fsp3) is 0.219. The predicted octanol–water partition coefficient (Wildman–Crippen LogP) is 5.82. The van der Waals surface area contributed by atoms with Crippen molar-refractivity contribution in [2.45, 2.75) is 16.3 Å². The van der Waals surface area contributed by atoms with Crippen LogP contribution in [0.5, 0.6) is 0 Å². The molecular weight excluding hydrogens is 646 g/mol. The highest BCUT2D eigenvalue weighted by atomic mass is 79.9. The summed E-state index contributed by atoms with van der Waals surface area (Å²) in [7, 11) is 0. The zero-order chi connectivity index (χ0) is 30.0. The lowest BCUT2D eigenvalue weighted by Crippen LogP contribution is -2.99. The minimum atomic E-state index is -1.02. The topological polar surface area (TPSA) is 95.3 Å². The Kier molecular flexibility index (Phi) is 11.4. The van der Waals surface area contributed by atoms with Crippen LogP contribution in [0.3, 0.4) is 0 Å². The third-order valence-electron chi connectivity index (χ3n) is 7.13. The summed E-state index contributed by atoms with van der Waals surface area (Å²) in [6, 6.07) is 31.2. The minimum absolute atomic E-state index is 0.171. The molecule has 4 N–H and O–H groups in total. The molecule has 5 rings (SSSR count). The van der Waals surface area contributed by atoms with Crippen LogP contribution >= 0.6 is 39.6 Å². The van der Waals surface area contributed by atoms with Crippen LogP contribution in [0.15, 0.2) is 111 Å². The third kappa shape index (κ3) is 8.99. The van der Waals surface area contributed by atoms with Gasteiger partial charge in [0.2, 0.25) is 0 Å². The maximum Gasteiger partial charge on any atom is 0.261 e. The van der Waals surface area contributed by atoms with Gasteiger partial charge in [-0.3, -0.25) is 14.4 Å². The van der Waals surface area contributed by atoms with E-state index in [1.165, 1.54) is 10.5 Å². The zero-order valence-electron chi connectivity index (χ0n) is 23.5. The highest BCUT2D eigenvalue weighted by Gasteiger charge is 2.19. The van der Waals surface area contributed by atoms with Gasteiger partial charge in [0.25, 0.3) is 5.91 Å². The van der Waals surface area contributed by atoms with E-state index in [2.05, 4.69) is 66.1 Å². The standard InChI is InChI=1S/C32H34BrN5O3S2/c33-29-9-5-4-6-25(29)23-36-17-19-37(20-18-36)26-12-10-24(11-13-26)32(39)35-43-28-14-15-30(31(22-28)38(40)41)34-16-21-42-27-7-2-1-3-8-27/h1-15,22,34,38,40H,16-21,23H2,(H,35,39). The third-order valence-corrected chi connectivity index (χ3v) is 9.70. The van der Waals surface area contributed by atoms with Gasteiger partial charge >= 0.3 is 0 Å². The Hall–Kier alpha value is -3.03. The van der Waals surface area contributed by atoms with E-state index in [0.29, 0.717) is 22.7 Å². The molecule has 1 fully saturated rings. The van der Waals surface area contributed by atoms with E-state index in [0.717, 1.165) is 60.6 Å². The number of quaternary nitrogens is 1. The van der Waals surface area contributed by atoms with Gasteiger partial charge in [-0.1, -0.05) is 52.3 Å². The van der Waals surface area contributed by atoms with Crippen LogP contribution in [0.25, 0.3) is 0 Å². The monoisotopic (exact) mass is 679 g/mol. The summed E-state index contributed by atoms with van der Waals surface area (Å²) in [6.45, 7) is 5.34. The number of benzene rings is 4. The van der Waals surface area contributed by atoms with Crippen LogP contribution in [0, 0.1) is 5.21 Å². The first-order chi connectivity index (χ1) is 21.0. The molecule has 0 aliphatic carbocycles. The lowest BCUT2D eigenvalue weighted by atomic mass is 10.1. The SMILES string of the molecule is O=C(NSc1ccc(NCCSc2ccccc2)c([NH+]([O-])O)c1)c1ccc(N2CCN(Cc3ccccc3Br)CC2)cc1. The average Bonchev–Trinajstić information content (AvgIpc) is 3.04. The van der Waals surface area contributed by atoms with Crippen molar-refractivity contribution in [2.24, 2.45) is 0 Å². The second-order valence-corrected chi connectivity index (χ2v) is 12.9. The van der Waals surface area contributed by atoms with E-state index in [1.54, 1.807) is 23.9 Å². The summed E-state index contributed by atoms with van der Waals surface area (Å²) in [5.41, 5.74) is 3.67. The number of anilines is 2. The van der Waals surface area contributed by atoms with Gasteiger partial charge in [-0.05, 0) is 72.1 Å². The summed E-state index contributed by atoms with van der Waals surface area (Å²) in [4.78, 5) is 19.5. The smallest absolute Gasteiger partial charge is 0.261 e. The van der Waals surface area contributed by atoms with E-state index in [-0.39, 0.29) is 11.6 Å². The van der Waals surface area contributed by atoms with Crippen LogP contribution in [0.4, 0.5) is 17.1 Å². The van der Waals surface area contributed by atoms with Gasteiger partial charge in [-0.2, -0.15) is 5.23 Å². The second-order valence-electron chi connectivity index (χ2n) is 10.0. The van der Waals surface area contributed by atoms with Gasteiger partial charge in [-0.15, -0.1) is 11.8 Å². The largest absolute Gasteiger partial charge is 0.595 e. The number of nitrogens with one attached hydrogen (secondary N) is 3. The van der Waals surface area contributed by atoms with Crippen LogP contribution in [-0.4, -0.2) is 54.5 Å². The van der Waals surface area contributed by atoms with Gasteiger partial charge in [-0.25, -0.2) is 5.21 Å². The molecule has 43 heavy (non-hydrogen) atoms. The number of halogens is 1. The van der Waals surface area contributed by atoms with Gasteiger partial charge < -0.3 is 15.4 Å². The van der Waals surface area contributed by atoms with E-state index in [4.69, 9.17) is 0 Å². The lowest BCUT2D eigenvalue weighted by Gasteiger charge is -2.36. The normalized spacial score (nSPS) is 14.3. The van der Waals surface area contributed by atoms with Crippen molar-refractivity contribution in [3.05, 3.63) is 118 Å². The quantitative estimate of drug-likeness (QED) is 0.0645. The zero-order valence-corrected chi connectivity index (χ0v) is 26.8. The van der Waals surface area contributed by atoms with Gasteiger partial charge in [0.05, 0.1) is 5.69 Å². The average molecular weight is 681 g/mol. The summed E-state index contributed by atoms with van der Waals surface area (Å²) in [5, 5.41) is 23.9. The second kappa shape index (κ2) is 15.6. The molecule has 0 saturated carbocycles. The van der Waals surface area contributed by atoms with Crippen LogP contribution in [0.2, 0.25) is 0 Å².